The number of aryl methyl sites for hydroxylation is 1. The fourth-order valence-electron chi connectivity index (χ4n) is 2.23. The fourth-order valence-corrected chi connectivity index (χ4v) is 2.23. The molecule has 0 saturated heterocycles. The second kappa shape index (κ2) is 11.1. The van der Waals surface area contributed by atoms with Gasteiger partial charge in [0.1, 0.15) is 0 Å². The molecule has 0 aliphatic heterocycles. The van der Waals surface area contributed by atoms with Gasteiger partial charge in [-0.2, -0.15) is 0 Å². The van der Waals surface area contributed by atoms with Crippen LogP contribution in [0.15, 0.2) is 85.2 Å². The lowest BCUT2D eigenvalue weighted by Gasteiger charge is -2.05. The monoisotopic (exact) mass is 373 g/mol. The SMILES string of the molecule is Cc1ccc(CNC(=O)c2ccccc2)cc1.NC(=O)/C=C/c1ccncc1. The Kier molecular flexibility index (Phi) is 8.15. The smallest absolute Gasteiger partial charge is 0.251 e. The van der Waals surface area contributed by atoms with Crippen molar-refractivity contribution < 1.29 is 9.59 Å². The molecule has 3 N–H and O–H groups in total. The maximum Gasteiger partial charge on any atom is 0.251 e. The topological polar surface area (TPSA) is 85.1 Å². The number of primary amides is 1. The summed E-state index contributed by atoms with van der Waals surface area (Å²) in [5.41, 5.74) is 8.84. The van der Waals surface area contributed by atoms with Gasteiger partial charge in [-0.3, -0.25) is 14.6 Å². The molecule has 0 aliphatic rings. The lowest BCUT2D eigenvalue weighted by molar-refractivity contribution is -0.113. The van der Waals surface area contributed by atoms with Crippen molar-refractivity contribution in [2.45, 2.75) is 13.5 Å². The molecule has 0 unspecified atom stereocenters. The van der Waals surface area contributed by atoms with Gasteiger partial charge >= 0.3 is 0 Å². The minimum absolute atomic E-state index is 0.0359. The summed E-state index contributed by atoms with van der Waals surface area (Å²) in [4.78, 5) is 25.9. The summed E-state index contributed by atoms with van der Waals surface area (Å²) in [6.07, 6.45) is 6.26. The van der Waals surface area contributed by atoms with Crippen LogP contribution in [0.3, 0.4) is 0 Å². The molecule has 0 spiro atoms. The summed E-state index contributed by atoms with van der Waals surface area (Å²) in [6, 6.07) is 21.0. The minimum atomic E-state index is -0.443. The number of nitrogens with zero attached hydrogens (tertiary/aromatic N) is 1. The van der Waals surface area contributed by atoms with Crippen molar-refractivity contribution in [2.24, 2.45) is 5.73 Å². The van der Waals surface area contributed by atoms with Gasteiger partial charge in [-0.15, -0.1) is 0 Å². The van der Waals surface area contributed by atoms with E-state index >= 15 is 0 Å². The normalized spacial score (nSPS) is 10.0. The first kappa shape index (κ1) is 20.6. The summed E-state index contributed by atoms with van der Waals surface area (Å²) in [5.74, 6) is -0.479. The van der Waals surface area contributed by atoms with E-state index in [0.29, 0.717) is 12.1 Å². The third-order valence-corrected chi connectivity index (χ3v) is 3.76. The number of rotatable bonds is 5. The number of nitrogens with two attached hydrogens (primary N) is 1. The first-order valence-corrected chi connectivity index (χ1v) is 8.81. The van der Waals surface area contributed by atoms with Crippen LogP contribution in [0.5, 0.6) is 0 Å². The lowest BCUT2D eigenvalue weighted by atomic mass is 10.1. The van der Waals surface area contributed by atoms with E-state index in [1.54, 1.807) is 30.6 Å². The molecular weight excluding hydrogens is 350 g/mol. The number of aromatic nitrogens is 1. The van der Waals surface area contributed by atoms with Crippen LogP contribution >= 0.6 is 0 Å². The molecule has 28 heavy (non-hydrogen) atoms. The van der Waals surface area contributed by atoms with Gasteiger partial charge in [-0.1, -0.05) is 48.0 Å². The molecule has 3 rings (SSSR count). The predicted molar refractivity (Wildman–Crippen MR) is 111 cm³/mol. The summed E-state index contributed by atoms with van der Waals surface area (Å²) >= 11 is 0. The van der Waals surface area contributed by atoms with Crippen molar-refractivity contribution in [3.05, 3.63) is 107 Å². The highest BCUT2D eigenvalue weighted by Crippen LogP contribution is 2.04. The van der Waals surface area contributed by atoms with Gasteiger partial charge in [-0.05, 0) is 48.4 Å². The van der Waals surface area contributed by atoms with Crippen LogP contribution in [0.2, 0.25) is 0 Å². The van der Waals surface area contributed by atoms with Gasteiger partial charge in [0.25, 0.3) is 5.91 Å². The highest BCUT2D eigenvalue weighted by atomic mass is 16.1. The Morgan fingerprint density at radius 3 is 2.21 bits per heavy atom. The Morgan fingerprint density at radius 2 is 1.61 bits per heavy atom. The number of carbonyl (C=O) groups is 2. The molecule has 2 aromatic carbocycles. The molecule has 2 amide bonds. The van der Waals surface area contributed by atoms with Crippen molar-refractivity contribution in [1.82, 2.24) is 10.3 Å². The van der Waals surface area contributed by atoms with Gasteiger partial charge in [0.2, 0.25) is 5.91 Å². The number of amides is 2. The second-order valence-corrected chi connectivity index (χ2v) is 6.05. The zero-order valence-electron chi connectivity index (χ0n) is 15.7. The van der Waals surface area contributed by atoms with E-state index in [0.717, 1.165) is 11.1 Å². The zero-order valence-corrected chi connectivity index (χ0v) is 15.7. The Hall–Kier alpha value is -3.73. The van der Waals surface area contributed by atoms with E-state index in [9.17, 15) is 9.59 Å². The molecule has 0 bridgehead atoms. The molecule has 1 heterocycles. The molecule has 0 saturated carbocycles. The van der Waals surface area contributed by atoms with Gasteiger partial charge < -0.3 is 11.1 Å². The Labute approximate surface area is 164 Å². The molecule has 1 aromatic heterocycles. The van der Waals surface area contributed by atoms with Crippen molar-refractivity contribution in [3.8, 4) is 0 Å². The zero-order chi connectivity index (χ0) is 20.2. The Balaban J connectivity index is 0.000000221. The molecule has 0 aliphatic carbocycles. The minimum Gasteiger partial charge on any atom is -0.366 e. The van der Waals surface area contributed by atoms with Crippen molar-refractivity contribution in [3.63, 3.8) is 0 Å². The van der Waals surface area contributed by atoms with E-state index in [1.165, 1.54) is 11.6 Å². The molecule has 5 nitrogen and oxygen atoms in total. The van der Waals surface area contributed by atoms with Crippen molar-refractivity contribution >= 4 is 17.9 Å². The Bertz CT molecular complexity index is 906. The number of hydrogen-bond acceptors (Lipinski definition) is 3. The number of nitrogens with one attached hydrogen (secondary N) is 1. The first-order chi connectivity index (χ1) is 13.5. The van der Waals surface area contributed by atoms with Crippen LogP contribution < -0.4 is 11.1 Å². The van der Waals surface area contributed by atoms with Crippen LogP contribution in [-0.2, 0) is 11.3 Å². The van der Waals surface area contributed by atoms with E-state index in [2.05, 4.69) is 10.3 Å². The molecule has 5 heteroatoms. The van der Waals surface area contributed by atoms with E-state index in [1.807, 2.05) is 61.5 Å². The average Bonchev–Trinajstić information content (AvgIpc) is 2.73. The van der Waals surface area contributed by atoms with E-state index in [-0.39, 0.29) is 5.91 Å². The van der Waals surface area contributed by atoms with E-state index < -0.39 is 5.91 Å². The third kappa shape index (κ3) is 7.66. The van der Waals surface area contributed by atoms with Gasteiger partial charge in [0, 0.05) is 30.6 Å². The lowest BCUT2D eigenvalue weighted by Crippen LogP contribution is -2.22. The summed E-state index contributed by atoms with van der Waals surface area (Å²) in [5, 5.41) is 2.90. The molecular formula is C23H23N3O2. The fraction of sp³-hybridized carbons (Fsp3) is 0.0870. The quantitative estimate of drug-likeness (QED) is 0.671. The summed E-state index contributed by atoms with van der Waals surface area (Å²) in [6.45, 7) is 2.61. The number of benzene rings is 2. The van der Waals surface area contributed by atoms with Gasteiger partial charge in [0.05, 0.1) is 0 Å². The average molecular weight is 373 g/mol. The van der Waals surface area contributed by atoms with Crippen LogP contribution in [0.25, 0.3) is 6.08 Å². The largest absolute Gasteiger partial charge is 0.366 e. The van der Waals surface area contributed by atoms with Gasteiger partial charge in [-0.25, -0.2) is 0 Å². The maximum atomic E-state index is 11.8. The van der Waals surface area contributed by atoms with Crippen LogP contribution in [0.1, 0.15) is 27.0 Å². The highest BCUT2D eigenvalue weighted by Gasteiger charge is 2.03. The molecule has 0 fully saturated rings. The first-order valence-electron chi connectivity index (χ1n) is 8.81. The highest BCUT2D eigenvalue weighted by molar-refractivity contribution is 5.94. The summed E-state index contributed by atoms with van der Waals surface area (Å²) < 4.78 is 0. The van der Waals surface area contributed by atoms with Crippen molar-refractivity contribution in [1.29, 1.82) is 0 Å². The van der Waals surface area contributed by atoms with Crippen LogP contribution in [0, 0.1) is 6.92 Å². The number of carbonyl (C=O) groups excluding carboxylic acids is 2. The molecule has 0 atom stereocenters. The Morgan fingerprint density at radius 1 is 0.964 bits per heavy atom. The van der Waals surface area contributed by atoms with Crippen LogP contribution in [-0.4, -0.2) is 16.8 Å². The van der Waals surface area contributed by atoms with E-state index in [4.69, 9.17) is 5.73 Å². The summed E-state index contributed by atoms with van der Waals surface area (Å²) in [7, 11) is 0. The molecule has 142 valence electrons. The predicted octanol–water partition coefficient (Wildman–Crippen LogP) is 3.51. The number of pyridine rings is 1. The third-order valence-electron chi connectivity index (χ3n) is 3.76. The van der Waals surface area contributed by atoms with Crippen LogP contribution in [0.4, 0.5) is 0 Å². The second-order valence-electron chi connectivity index (χ2n) is 6.05. The van der Waals surface area contributed by atoms with Gasteiger partial charge in [0.15, 0.2) is 0 Å². The maximum absolute atomic E-state index is 11.8. The number of hydrogen-bond donors (Lipinski definition) is 2. The standard InChI is InChI=1S/C15H15NO.C8H8N2O/c1-12-7-9-13(10-8-12)11-16-15(17)14-5-3-2-4-6-14;9-8(11)2-1-7-3-5-10-6-4-7/h2-10H,11H2,1H3,(H,16,17);1-6H,(H2,9,11)/b;2-1+. The van der Waals surface area contributed by atoms with Crippen molar-refractivity contribution in [2.75, 3.05) is 0 Å². The molecule has 0 radical (unpaired) electrons. The molecule has 3 aromatic rings.